The molecule has 2 aromatic carbocycles. The molecule has 3 N–H and O–H groups in total. The van der Waals surface area contributed by atoms with Crippen LogP contribution in [0.5, 0.6) is 5.75 Å². The van der Waals surface area contributed by atoms with Gasteiger partial charge in [0.25, 0.3) is 0 Å². The number of aliphatic imine (C=N–C) groups is 1. The third kappa shape index (κ3) is 8.95. The van der Waals surface area contributed by atoms with Gasteiger partial charge < -0.3 is 20.7 Å². The van der Waals surface area contributed by atoms with Crippen molar-refractivity contribution in [2.24, 2.45) is 4.99 Å². The van der Waals surface area contributed by atoms with Crippen LogP contribution in [0.25, 0.3) is 0 Å². The second-order valence-electron chi connectivity index (χ2n) is 5.81. The summed E-state index contributed by atoms with van der Waals surface area (Å²) in [7, 11) is 0. The summed E-state index contributed by atoms with van der Waals surface area (Å²) >= 11 is 0. The van der Waals surface area contributed by atoms with E-state index in [1.165, 1.54) is 18.2 Å². The average Bonchev–Trinajstić information content (AvgIpc) is 2.69. The third-order valence-electron chi connectivity index (χ3n) is 3.61. The summed E-state index contributed by atoms with van der Waals surface area (Å²) in [5.74, 6) is 0.533. The molecule has 0 atom stereocenters. The largest absolute Gasteiger partial charge is 0.489 e. The van der Waals surface area contributed by atoms with Gasteiger partial charge >= 0.3 is 0 Å². The zero-order chi connectivity index (χ0) is 20.2. The van der Waals surface area contributed by atoms with Crippen LogP contribution in [-0.4, -0.2) is 31.6 Å². The number of nitrogens with zero attached hydrogens (tertiary/aromatic N) is 1. The van der Waals surface area contributed by atoms with Gasteiger partial charge in [-0.3, -0.25) is 4.79 Å². The van der Waals surface area contributed by atoms with Gasteiger partial charge in [0.1, 0.15) is 18.2 Å². The van der Waals surface area contributed by atoms with E-state index >= 15 is 0 Å². The van der Waals surface area contributed by atoms with E-state index in [2.05, 4.69) is 27.5 Å². The molecular formula is C21H26FIN4O2. The Hall–Kier alpha value is -2.62. The molecule has 0 spiro atoms. The maximum atomic E-state index is 13.2. The monoisotopic (exact) mass is 512 g/mol. The molecule has 0 aliphatic rings. The maximum Gasteiger partial charge on any atom is 0.243 e. The Morgan fingerprint density at radius 3 is 2.72 bits per heavy atom. The van der Waals surface area contributed by atoms with Crippen LogP contribution in [0, 0.1) is 5.82 Å². The van der Waals surface area contributed by atoms with Gasteiger partial charge in [-0.15, -0.1) is 24.0 Å². The van der Waals surface area contributed by atoms with Crippen LogP contribution >= 0.6 is 24.0 Å². The third-order valence-corrected chi connectivity index (χ3v) is 3.61. The van der Waals surface area contributed by atoms with Crippen molar-refractivity contribution < 1.29 is 13.9 Å². The van der Waals surface area contributed by atoms with Gasteiger partial charge in [0.2, 0.25) is 5.91 Å². The Kier molecular flexibility index (Phi) is 11.4. The number of amides is 1. The molecule has 29 heavy (non-hydrogen) atoms. The van der Waals surface area contributed by atoms with Crippen molar-refractivity contribution in [2.45, 2.75) is 13.5 Å². The minimum Gasteiger partial charge on any atom is -0.489 e. The van der Waals surface area contributed by atoms with Crippen LogP contribution in [0.4, 0.5) is 10.1 Å². The average molecular weight is 512 g/mol. The molecule has 2 rings (SSSR count). The lowest BCUT2D eigenvalue weighted by Gasteiger charge is -2.13. The van der Waals surface area contributed by atoms with Crippen molar-refractivity contribution in [1.82, 2.24) is 10.6 Å². The highest BCUT2D eigenvalue weighted by Gasteiger charge is 2.06. The van der Waals surface area contributed by atoms with Crippen molar-refractivity contribution >= 4 is 41.5 Å². The summed E-state index contributed by atoms with van der Waals surface area (Å²) in [6.07, 6.45) is 1.68. The van der Waals surface area contributed by atoms with E-state index < -0.39 is 5.82 Å². The van der Waals surface area contributed by atoms with Crippen LogP contribution in [0.3, 0.4) is 0 Å². The maximum absolute atomic E-state index is 13.2. The Morgan fingerprint density at radius 2 is 2.00 bits per heavy atom. The van der Waals surface area contributed by atoms with Crippen molar-refractivity contribution in [3.63, 3.8) is 0 Å². The van der Waals surface area contributed by atoms with Crippen molar-refractivity contribution in [2.75, 3.05) is 25.0 Å². The Morgan fingerprint density at radius 1 is 1.21 bits per heavy atom. The minimum absolute atomic E-state index is 0. The lowest BCUT2D eigenvalue weighted by Crippen LogP contribution is -2.41. The number of rotatable bonds is 9. The quantitative estimate of drug-likeness (QED) is 0.207. The zero-order valence-corrected chi connectivity index (χ0v) is 18.6. The number of guanidine groups is 1. The van der Waals surface area contributed by atoms with Gasteiger partial charge in [-0.2, -0.15) is 0 Å². The predicted molar refractivity (Wildman–Crippen MR) is 125 cm³/mol. The Balaban J connectivity index is 0.00000420. The number of nitrogens with one attached hydrogen (secondary N) is 3. The highest BCUT2D eigenvalue weighted by molar-refractivity contribution is 14.0. The predicted octanol–water partition coefficient (Wildman–Crippen LogP) is 3.70. The first-order chi connectivity index (χ1) is 13.6. The second kappa shape index (κ2) is 13.5. The molecule has 6 nitrogen and oxygen atoms in total. The standard InChI is InChI=1S/C21H25FN4O2.HI/c1-3-12-28-19-11-6-5-8-16(19)14-24-21(23-4-2)25-15-20(27)26-18-10-7-9-17(22)13-18;/h3,5-11,13H,1,4,12,14-15H2,2H3,(H,26,27)(H2,23,24,25);1H. The van der Waals surface area contributed by atoms with Crippen LogP contribution in [-0.2, 0) is 11.3 Å². The molecule has 0 unspecified atom stereocenters. The van der Waals surface area contributed by atoms with E-state index in [1.807, 2.05) is 31.2 Å². The van der Waals surface area contributed by atoms with Crippen LogP contribution in [0.1, 0.15) is 12.5 Å². The number of carbonyl (C=O) groups excluding carboxylic acids is 1. The van der Waals surface area contributed by atoms with Gasteiger partial charge in [0, 0.05) is 17.8 Å². The van der Waals surface area contributed by atoms with E-state index in [-0.39, 0.29) is 36.4 Å². The van der Waals surface area contributed by atoms with Gasteiger partial charge in [0.15, 0.2) is 5.96 Å². The molecule has 0 heterocycles. The van der Waals surface area contributed by atoms with Gasteiger partial charge in [-0.05, 0) is 31.2 Å². The molecule has 0 bridgehead atoms. The van der Waals surface area contributed by atoms with Crippen molar-refractivity contribution in [1.29, 1.82) is 0 Å². The fraction of sp³-hybridized carbons (Fsp3) is 0.238. The van der Waals surface area contributed by atoms with E-state index in [9.17, 15) is 9.18 Å². The molecule has 0 saturated heterocycles. The van der Waals surface area contributed by atoms with Gasteiger partial charge in [-0.25, -0.2) is 9.38 Å². The first kappa shape index (κ1) is 24.4. The molecule has 156 valence electrons. The van der Waals surface area contributed by atoms with E-state index in [4.69, 9.17) is 4.74 Å². The summed E-state index contributed by atoms with van der Waals surface area (Å²) in [5, 5.41) is 8.68. The van der Waals surface area contributed by atoms with Crippen molar-refractivity contribution in [3.8, 4) is 5.75 Å². The second-order valence-corrected chi connectivity index (χ2v) is 5.81. The molecule has 0 aliphatic heterocycles. The summed E-state index contributed by atoms with van der Waals surface area (Å²) < 4.78 is 18.8. The topological polar surface area (TPSA) is 74.8 Å². The van der Waals surface area contributed by atoms with E-state index in [1.54, 1.807) is 12.1 Å². The molecule has 1 amide bonds. The Labute approximate surface area is 187 Å². The molecule has 0 aliphatic carbocycles. The molecular weight excluding hydrogens is 486 g/mol. The SMILES string of the molecule is C=CCOc1ccccc1CN=C(NCC)NCC(=O)Nc1cccc(F)c1.I. The highest BCUT2D eigenvalue weighted by atomic mass is 127. The first-order valence-electron chi connectivity index (χ1n) is 9.01. The van der Waals surface area contributed by atoms with Gasteiger partial charge in [0.05, 0.1) is 13.1 Å². The first-order valence-corrected chi connectivity index (χ1v) is 9.01. The molecule has 0 aromatic heterocycles. The number of hydrogen-bond donors (Lipinski definition) is 3. The number of ether oxygens (including phenoxy) is 1. The lowest BCUT2D eigenvalue weighted by molar-refractivity contribution is -0.115. The number of hydrogen-bond acceptors (Lipinski definition) is 3. The number of carbonyl (C=O) groups is 1. The summed E-state index contributed by atoms with van der Waals surface area (Å²) in [4.78, 5) is 16.6. The smallest absolute Gasteiger partial charge is 0.243 e. The van der Waals surface area contributed by atoms with Crippen LogP contribution in [0.15, 0.2) is 66.2 Å². The molecule has 8 heteroatoms. The minimum atomic E-state index is -0.405. The highest BCUT2D eigenvalue weighted by Crippen LogP contribution is 2.18. The van der Waals surface area contributed by atoms with E-state index in [0.717, 1.165) is 11.3 Å². The van der Waals surface area contributed by atoms with Crippen molar-refractivity contribution in [3.05, 3.63) is 72.6 Å². The molecule has 0 fully saturated rings. The number of anilines is 1. The lowest BCUT2D eigenvalue weighted by atomic mass is 10.2. The molecule has 0 saturated carbocycles. The normalized spacial score (nSPS) is 10.5. The van der Waals surface area contributed by atoms with Gasteiger partial charge in [-0.1, -0.05) is 36.9 Å². The van der Waals surface area contributed by atoms with Crippen LogP contribution < -0.4 is 20.7 Å². The summed E-state index contributed by atoms with van der Waals surface area (Å²) in [6.45, 7) is 7.02. The number of halogens is 2. The Bertz CT molecular complexity index is 830. The number of benzene rings is 2. The fourth-order valence-electron chi connectivity index (χ4n) is 2.37. The summed E-state index contributed by atoms with van der Waals surface area (Å²) in [6, 6.07) is 13.4. The van der Waals surface area contributed by atoms with Crippen LogP contribution in [0.2, 0.25) is 0 Å². The summed E-state index contributed by atoms with van der Waals surface area (Å²) in [5.41, 5.74) is 1.33. The molecule has 0 radical (unpaired) electrons. The molecule has 2 aromatic rings. The number of para-hydroxylation sites is 1. The zero-order valence-electron chi connectivity index (χ0n) is 16.3. The fourth-order valence-corrected chi connectivity index (χ4v) is 2.37. The van der Waals surface area contributed by atoms with E-state index in [0.29, 0.717) is 31.3 Å².